The molecular formula is C18H29BrN4O2. The molecule has 1 atom stereocenters. The third kappa shape index (κ3) is 6.58. The molecule has 140 valence electrons. The van der Waals surface area contributed by atoms with Gasteiger partial charge < -0.3 is 20.9 Å². The van der Waals surface area contributed by atoms with E-state index < -0.39 is 5.60 Å². The molecule has 1 unspecified atom stereocenters. The Kier molecular flexibility index (Phi) is 8.15. The number of nitrogens with zero attached hydrogens (tertiary/aromatic N) is 2. The molecule has 0 aliphatic carbocycles. The van der Waals surface area contributed by atoms with E-state index >= 15 is 0 Å². The molecule has 1 aliphatic heterocycles. The predicted molar refractivity (Wildman–Crippen MR) is 105 cm³/mol. The smallest absolute Gasteiger partial charge is 0.188 e. The van der Waals surface area contributed by atoms with Crippen molar-refractivity contribution < 1.29 is 9.84 Å². The molecule has 25 heavy (non-hydrogen) atoms. The van der Waals surface area contributed by atoms with Crippen LogP contribution in [-0.4, -0.2) is 61.9 Å². The minimum Gasteiger partial charge on any atom is -0.383 e. The van der Waals surface area contributed by atoms with Crippen LogP contribution in [-0.2, 0) is 10.3 Å². The molecule has 0 radical (unpaired) electrons. The Hall–Kier alpha value is -1.15. The topological polar surface area (TPSA) is 83.1 Å². The second-order valence-electron chi connectivity index (χ2n) is 6.33. The fraction of sp³-hybridized carbons (Fsp3) is 0.611. The third-order valence-corrected chi connectivity index (χ3v) is 5.07. The fourth-order valence-corrected chi connectivity index (χ4v) is 3.05. The first-order chi connectivity index (χ1) is 12.0. The van der Waals surface area contributed by atoms with Crippen molar-refractivity contribution in [2.24, 2.45) is 10.7 Å². The van der Waals surface area contributed by atoms with Gasteiger partial charge in [-0.25, -0.2) is 0 Å². The van der Waals surface area contributed by atoms with Crippen LogP contribution in [0.3, 0.4) is 0 Å². The summed E-state index contributed by atoms with van der Waals surface area (Å²) in [5.41, 5.74) is 5.79. The minimum atomic E-state index is -0.999. The Morgan fingerprint density at radius 2 is 2.04 bits per heavy atom. The maximum absolute atomic E-state index is 10.8. The van der Waals surface area contributed by atoms with E-state index in [0.717, 1.165) is 55.8 Å². The molecule has 1 aliphatic rings. The highest BCUT2D eigenvalue weighted by atomic mass is 79.9. The zero-order chi connectivity index (χ0) is 18.1. The zero-order valence-electron chi connectivity index (χ0n) is 14.9. The van der Waals surface area contributed by atoms with Crippen LogP contribution >= 0.6 is 15.9 Å². The maximum atomic E-state index is 10.8. The Balaban J connectivity index is 1.76. The first-order valence-corrected chi connectivity index (χ1v) is 9.65. The number of morpholine rings is 1. The van der Waals surface area contributed by atoms with Crippen molar-refractivity contribution >= 4 is 21.9 Å². The summed E-state index contributed by atoms with van der Waals surface area (Å²) in [5.74, 6) is 0.381. The van der Waals surface area contributed by atoms with Gasteiger partial charge in [0, 0.05) is 24.1 Å². The summed E-state index contributed by atoms with van der Waals surface area (Å²) >= 11 is 3.41. The van der Waals surface area contributed by atoms with Crippen molar-refractivity contribution in [1.29, 1.82) is 0 Å². The predicted octanol–water partition coefficient (Wildman–Crippen LogP) is 1.67. The molecule has 7 heteroatoms. The highest BCUT2D eigenvalue weighted by molar-refractivity contribution is 9.10. The van der Waals surface area contributed by atoms with Crippen LogP contribution in [0.1, 0.15) is 25.3 Å². The SMILES string of the molecule is CCC(O)(CN=C(N)NCCCN1CCOCC1)c1ccc(Br)cc1. The van der Waals surface area contributed by atoms with Crippen molar-refractivity contribution in [3.8, 4) is 0 Å². The van der Waals surface area contributed by atoms with Crippen LogP contribution in [0.4, 0.5) is 0 Å². The Bertz CT molecular complexity index is 547. The van der Waals surface area contributed by atoms with Crippen LogP contribution in [0.5, 0.6) is 0 Å². The van der Waals surface area contributed by atoms with E-state index in [1.807, 2.05) is 31.2 Å². The van der Waals surface area contributed by atoms with Crippen molar-refractivity contribution in [3.05, 3.63) is 34.3 Å². The number of benzene rings is 1. The monoisotopic (exact) mass is 412 g/mol. The van der Waals surface area contributed by atoms with Gasteiger partial charge >= 0.3 is 0 Å². The summed E-state index contributed by atoms with van der Waals surface area (Å²) in [4.78, 5) is 6.73. The van der Waals surface area contributed by atoms with Gasteiger partial charge in [-0.2, -0.15) is 0 Å². The second kappa shape index (κ2) is 10.1. The molecule has 0 aromatic heterocycles. The van der Waals surface area contributed by atoms with E-state index in [-0.39, 0.29) is 6.54 Å². The first-order valence-electron chi connectivity index (χ1n) is 8.86. The van der Waals surface area contributed by atoms with Gasteiger partial charge in [-0.3, -0.25) is 9.89 Å². The highest BCUT2D eigenvalue weighted by Crippen LogP contribution is 2.26. The van der Waals surface area contributed by atoms with Gasteiger partial charge in [0.15, 0.2) is 5.96 Å². The average Bonchev–Trinajstić information content (AvgIpc) is 2.64. The van der Waals surface area contributed by atoms with Gasteiger partial charge in [0.1, 0.15) is 5.60 Å². The van der Waals surface area contributed by atoms with Crippen molar-refractivity contribution in [1.82, 2.24) is 10.2 Å². The lowest BCUT2D eigenvalue weighted by atomic mass is 9.91. The first kappa shape index (κ1) is 20.2. The molecule has 1 aromatic carbocycles. The maximum Gasteiger partial charge on any atom is 0.188 e. The highest BCUT2D eigenvalue weighted by Gasteiger charge is 2.26. The Labute approximate surface area is 158 Å². The van der Waals surface area contributed by atoms with Gasteiger partial charge in [-0.05, 0) is 37.1 Å². The number of halogens is 1. The largest absolute Gasteiger partial charge is 0.383 e. The summed E-state index contributed by atoms with van der Waals surface area (Å²) < 4.78 is 6.32. The van der Waals surface area contributed by atoms with E-state index in [1.165, 1.54) is 0 Å². The van der Waals surface area contributed by atoms with Crippen LogP contribution in [0.25, 0.3) is 0 Å². The summed E-state index contributed by atoms with van der Waals surface area (Å²) in [6.07, 6.45) is 1.57. The van der Waals surface area contributed by atoms with Gasteiger partial charge in [-0.1, -0.05) is 35.0 Å². The van der Waals surface area contributed by atoms with Crippen LogP contribution in [0.2, 0.25) is 0 Å². The van der Waals surface area contributed by atoms with Gasteiger partial charge in [0.2, 0.25) is 0 Å². The molecule has 0 saturated carbocycles. The lowest BCUT2D eigenvalue weighted by Crippen LogP contribution is -2.39. The summed E-state index contributed by atoms with van der Waals surface area (Å²) in [6, 6.07) is 7.67. The normalized spacial score (nSPS) is 18.8. The number of nitrogens with one attached hydrogen (secondary N) is 1. The lowest BCUT2D eigenvalue weighted by Gasteiger charge is -2.26. The van der Waals surface area contributed by atoms with Crippen LogP contribution in [0.15, 0.2) is 33.7 Å². The standard InChI is InChI=1S/C18H29BrN4O2/c1-2-18(24,15-4-6-16(19)7-5-15)14-22-17(20)21-8-3-9-23-10-12-25-13-11-23/h4-7,24H,2-3,8-14H2,1H3,(H3,20,21,22). The number of rotatable bonds is 8. The van der Waals surface area contributed by atoms with Crippen molar-refractivity contribution in [2.75, 3.05) is 45.9 Å². The molecule has 1 aromatic rings. The van der Waals surface area contributed by atoms with E-state index in [1.54, 1.807) is 0 Å². The molecular weight excluding hydrogens is 384 g/mol. The number of ether oxygens (including phenoxy) is 1. The fourth-order valence-electron chi connectivity index (χ4n) is 2.78. The number of guanidine groups is 1. The summed E-state index contributed by atoms with van der Waals surface area (Å²) in [6.45, 7) is 7.64. The molecule has 0 bridgehead atoms. The van der Waals surface area contributed by atoms with Gasteiger partial charge in [0.05, 0.1) is 19.8 Å². The molecule has 0 spiro atoms. The minimum absolute atomic E-state index is 0.243. The molecule has 1 heterocycles. The molecule has 1 fully saturated rings. The van der Waals surface area contributed by atoms with Crippen molar-refractivity contribution in [3.63, 3.8) is 0 Å². The summed E-state index contributed by atoms with van der Waals surface area (Å²) in [7, 11) is 0. The number of aliphatic imine (C=N–C) groups is 1. The zero-order valence-corrected chi connectivity index (χ0v) is 16.5. The number of nitrogens with two attached hydrogens (primary N) is 1. The van der Waals surface area contributed by atoms with Gasteiger partial charge in [0.25, 0.3) is 0 Å². The molecule has 2 rings (SSSR count). The Morgan fingerprint density at radius 3 is 2.68 bits per heavy atom. The van der Waals surface area contributed by atoms with E-state index in [2.05, 4.69) is 31.1 Å². The average molecular weight is 413 g/mol. The lowest BCUT2D eigenvalue weighted by molar-refractivity contribution is 0.0376. The summed E-state index contributed by atoms with van der Waals surface area (Å²) in [5, 5.41) is 14.0. The van der Waals surface area contributed by atoms with Crippen LogP contribution < -0.4 is 11.1 Å². The molecule has 6 nitrogen and oxygen atoms in total. The van der Waals surface area contributed by atoms with E-state index in [4.69, 9.17) is 10.5 Å². The molecule has 0 amide bonds. The molecule has 4 N–H and O–H groups in total. The molecule has 1 saturated heterocycles. The number of aliphatic hydroxyl groups is 1. The van der Waals surface area contributed by atoms with Gasteiger partial charge in [-0.15, -0.1) is 0 Å². The quantitative estimate of drug-likeness (QED) is 0.343. The third-order valence-electron chi connectivity index (χ3n) is 4.54. The van der Waals surface area contributed by atoms with Crippen molar-refractivity contribution in [2.45, 2.75) is 25.4 Å². The van der Waals surface area contributed by atoms with Crippen LogP contribution in [0, 0.1) is 0 Å². The number of hydrogen-bond donors (Lipinski definition) is 3. The Morgan fingerprint density at radius 1 is 1.36 bits per heavy atom. The second-order valence-corrected chi connectivity index (χ2v) is 7.24. The number of hydrogen-bond acceptors (Lipinski definition) is 4. The van der Waals surface area contributed by atoms with E-state index in [0.29, 0.717) is 12.4 Å². The van der Waals surface area contributed by atoms with E-state index in [9.17, 15) is 5.11 Å².